The summed E-state index contributed by atoms with van der Waals surface area (Å²) in [5, 5.41) is 10.5. The van der Waals surface area contributed by atoms with Crippen LogP contribution in [0.3, 0.4) is 0 Å². The molecule has 0 aliphatic carbocycles. The molecule has 0 saturated carbocycles. The molecule has 0 radical (unpaired) electrons. The maximum absolute atomic E-state index is 14.3. The van der Waals surface area contributed by atoms with Gasteiger partial charge in [0.25, 0.3) is 11.8 Å². The van der Waals surface area contributed by atoms with Crippen LogP contribution in [0.5, 0.6) is 0 Å². The first kappa shape index (κ1) is 22.0. The van der Waals surface area contributed by atoms with Crippen LogP contribution in [0.2, 0.25) is 0 Å². The quantitative estimate of drug-likeness (QED) is 0.655. The van der Waals surface area contributed by atoms with Crippen molar-refractivity contribution in [3.63, 3.8) is 0 Å². The van der Waals surface area contributed by atoms with Crippen LogP contribution >= 0.6 is 0 Å². The van der Waals surface area contributed by atoms with Crippen molar-refractivity contribution < 1.29 is 23.9 Å². The Hall–Kier alpha value is -3.84. The van der Waals surface area contributed by atoms with Crippen LogP contribution in [-0.2, 0) is 16.0 Å². The topological polar surface area (TPSA) is 77.9 Å². The highest BCUT2D eigenvalue weighted by Gasteiger charge is 2.41. The number of amides is 2. The van der Waals surface area contributed by atoms with E-state index in [0.717, 1.165) is 0 Å². The molecule has 2 amide bonds. The Balaban J connectivity index is 1.40. The highest BCUT2D eigenvalue weighted by atomic mass is 19.1. The Kier molecular flexibility index (Phi) is 5.71. The normalized spacial score (nSPS) is 18.7. The molecule has 0 aromatic heterocycles. The number of carbonyl (C=O) groups excluding carboxylic acids is 3. The monoisotopic (exact) mass is 458 g/mol. The van der Waals surface area contributed by atoms with E-state index in [4.69, 9.17) is 0 Å². The molecule has 2 aliphatic rings. The van der Waals surface area contributed by atoms with Crippen molar-refractivity contribution in [1.29, 1.82) is 0 Å². The summed E-state index contributed by atoms with van der Waals surface area (Å²) in [5.74, 6) is -1.35. The molecule has 7 heteroatoms. The summed E-state index contributed by atoms with van der Waals surface area (Å²) in [6.07, 6.45) is -1.28. The zero-order chi connectivity index (χ0) is 23.8. The summed E-state index contributed by atoms with van der Waals surface area (Å²) in [7, 11) is 0. The van der Waals surface area contributed by atoms with E-state index < -0.39 is 18.1 Å². The van der Waals surface area contributed by atoms with E-state index in [0.29, 0.717) is 27.8 Å². The molecule has 0 bridgehead atoms. The lowest BCUT2D eigenvalue weighted by molar-refractivity contribution is -0.144. The fraction of sp³-hybridized carbons (Fsp3) is 0.222. The van der Waals surface area contributed by atoms with Crippen LogP contribution in [0, 0.1) is 5.82 Å². The molecule has 3 aromatic carbocycles. The van der Waals surface area contributed by atoms with Gasteiger partial charge in [0.2, 0.25) is 0 Å². The lowest BCUT2D eigenvalue weighted by Crippen LogP contribution is -2.59. The van der Waals surface area contributed by atoms with E-state index in [-0.39, 0.29) is 43.6 Å². The fourth-order valence-electron chi connectivity index (χ4n) is 4.71. The smallest absolute Gasteiger partial charge is 0.256 e. The largest absolute Gasteiger partial charge is 0.378 e. The number of aliphatic hydroxyl groups is 1. The number of hydrogen-bond acceptors (Lipinski definition) is 4. The Morgan fingerprint density at radius 3 is 2.44 bits per heavy atom. The zero-order valence-electron chi connectivity index (χ0n) is 18.4. The van der Waals surface area contributed by atoms with Gasteiger partial charge in [0.05, 0.1) is 0 Å². The number of halogens is 1. The van der Waals surface area contributed by atoms with Crippen molar-refractivity contribution in [3.05, 3.63) is 95.3 Å². The van der Waals surface area contributed by atoms with Gasteiger partial charge in [-0.15, -0.1) is 0 Å². The molecule has 0 spiro atoms. The number of Topliss-reactive ketones (excluding diaryl/α,β-unsaturated/α-hetero) is 1. The number of benzene rings is 3. The van der Waals surface area contributed by atoms with Crippen molar-refractivity contribution in [2.75, 3.05) is 19.6 Å². The first-order valence-corrected chi connectivity index (χ1v) is 11.2. The molecule has 1 saturated heterocycles. The number of piperazine rings is 1. The minimum absolute atomic E-state index is 0.0292. The Bertz CT molecular complexity index is 1280. The third kappa shape index (κ3) is 3.88. The zero-order valence-corrected chi connectivity index (χ0v) is 18.4. The molecule has 5 rings (SSSR count). The van der Waals surface area contributed by atoms with E-state index in [1.165, 1.54) is 15.9 Å². The van der Waals surface area contributed by atoms with Gasteiger partial charge in [0, 0.05) is 37.2 Å². The number of rotatable bonds is 3. The molecule has 3 aromatic rings. The summed E-state index contributed by atoms with van der Waals surface area (Å²) in [6, 6.07) is 19.2. The molecule has 2 atom stereocenters. The first-order chi connectivity index (χ1) is 16.4. The molecule has 0 unspecified atom stereocenters. The standard InChI is InChI=1S/C27H23FN2O4/c28-22-9-5-4-8-20(22)18-10-11-19-15-24(31)23-16-29(12-13-30(23)26(33)21(19)14-18)27(34)25(32)17-6-2-1-3-7-17/h1-11,14,23,25,32H,12-13,15-16H2/t23-,25+/m1/s1. The molecule has 6 nitrogen and oxygen atoms in total. The second-order valence-electron chi connectivity index (χ2n) is 8.61. The predicted molar refractivity (Wildman–Crippen MR) is 123 cm³/mol. The third-order valence-electron chi connectivity index (χ3n) is 6.56. The molecule has 1 N–H and O–H groups in total. The SMILES string of the molecule is O=C1Cc2ccc(-c3ccccc3F)cc2C(=O)N2CCN(C(=O)[C@@H](O)c3ccccc3)C[C@H]12. The van der Waals surface area contributed by atoms with Gasteiger partial charge in [-0.1, -0.05) is 60.7 Å². The number of nitrogens with zero attached hydrogens (tertiary/aromatic N) is 2. The average Bonchev–Trinajstić information content (AvgIpc) is 2.97. The van der Waals surface area contributed by atoms with Crippen LogP contribution in [0.4, 0.5) is 4.39 Å². The Morgan fingerprint density at radius 1 is 0.941 bits per heavy atom. The highest BCUT2D eigenvalue weighted by Crippen LogP contribution is 2.30. The van der Waals surface area contributed by atoms with Crippen LogP contribution in [0.1, 0.15) is 27.6 Å². The summed E-state index contributed by atoms with van der Waals surface area (Å²) >= 11 is 0. The van der Waals surface area contributed by atoms with Crippen LogP contribution in [-0.4, -0.2) is 58.2 Å². The molecule has 172 valence electrons. The molecular weight excluding hydrogens is 435 g/mol. The van der Waals surface area contributed by atoms with E-state index in [1.807, 2.05) is 0 Å². The lowest BCUT2D eigenvalue weighted by atomic mass is 9.96. The number of aliphatic hydroxyl groups excluding tert-OH is 1. The second-order valence-corrected chi connectivity index (χ2v) is 8.61. The van der Waals surface area contributed by atoms with E-state index in [9.17, 15) is 23.9 Å². The van der Waals surface area contributed by atoms with Gasteiger partial charge in [0.1, 0.15) is 11.9 Å². The van der Waals surface area contributed by atoms with Gasteiger partial charge in [-0.05, 0) is 28.8 Å². The fourth-order valence-corrected chi connectivity index (χ4v) is 4.71. The molecule has 2 heterocycles. The van der Waals surface area contributed by atoms with Gasteiger partial charge in [-0.3, -0.25) is 14.4 Å². The van der Waals surface area contributed by atoms with Gasteiger partial charge in [-0.25, -0.2) is 4.39 Å². The number of ketones is 1. The van der Waals surface area contributed by atoms with Gasteiger partial charge >= 0.3 is 0 Å². The van der Waals surface area contributed by atoms with Crippen molar-refractivity contribution in [3.8, 4) is 11.1 Å². The number of carbonyl (C=O) groups is 3. The average molecular weight is 458 g/mol. The second kappa shape index (κ2) is 8.83. The van der Waals surface area contributed by atoms with E-state index in [1.54, 1.807) is 66.7 Å². The lowest BCUT2D eigenvalue weighted by Gasteiger charge is -2.40. The van der Waals surface area contributed by atoms with Crippen molar-refractivity contribution >= 4 is 17.6 Å². The van der Waals surface area contributed by atoms with Gasteiger partial charge in [-0.2, -0.15) is 0 Å². The maximum atomic E-state index is 14.3. The number of fused-ring (bicyclic) bond motifs is 2. The highest BCUT2D eigenvalue weighted by molar-refractivity contribution is 6.04. The minimum Gasteiger partial charge on any atom is -0.378 e. The van der Waals surface area contributed by atoms with Crippen LogP contribution < -0.4 is 0 Å². The summed E-state index contributed by atoms with van der Waals surface area (Å²) in [6.45, 7) is 0.411. The molecule has 2 aliphatic heterocycles. The van der Waals surface area contributed by atoms with E-state index >= 15 is 0 Å². The van der Waals surface area contributed by atoms with Gasteiger partial charge in [0.15, 0.2) is 11.9 Å². The van der Waals surface area contributed by atoms with Crippen molar-refractivity contribution in [2.24, 2.45) is 0 Å². The summed E-state index contributed by atoms with van der Waals surface area (Å²) in [5.41, 5.74) is 2.39. The predicted octanol–water partition coefficient (Wildman–Crippen LogP) is 3.00. The van der Waals surface area contributed by atoms with E-state index in [2.05, 4.69) is 0 Å². The summed E-state index contributed by atoms with van der Waals surface area (Å²) in [4.78, 5) is 42.4. The van der Waals surface area contributed by atoms with Crippen LogP contribution in [0.25, 0.3) is 11.1 Å². The minimum atomic E-state index is -1.33. The first-order valence-electron chi connectivity index (χ1n) is 11.2. The Labute approximate surface area is 196 Å². The molecule has 1 fully saturated rings. The summed E-state index contributed by atoms with van der Waals surface area (Å²) < 4.78 is 14.3. The van der Waals surface area contributed by atoms with Crippen LogP contribution in [0.15, 0.2) is 72.8 Å². The third-order valence-corrected chi connectivity index (χ3v) is 6.56. The van der Waals surface area contributed by atoms with Crippen molar-refractivity contribution in [1.82, 2.24) is 9.80 Å². The van der Waals surface area contributed by atoms with Gasteiger partial charge < -0.3 is 14.9 Å². The van der Waals surface area contributed by atoms with Crippen molar-refractivity contribution in [2.45, 2.75) is 18.6 Å². The number of hydrogen-bond donors (Lipinski definition) is 1. The Morgan fingerprint density at radius 2 is 1.68 bits per heavy atom. The molecule has 34 heavy (non-hydrogen) atoms. The molecular formula is C27H23FN2O4. The maximum Gasteiger partial charge on any atom is 0.256 e.